The highest BCUT2D eigenvalue weighted by Gasteiger charge is 2.25. The van der Waals surface area contributed by atoms with Gasteiger partial charge in [-0.1, -0.05) is 13.3 Å². The summed E-state index contributed by atoms with van der Waals surface area (Å²) in [6.07, 6.45) is 5.52. The average molecular weight is 300 g/mol. The van der Waals surface area contributed by atoms with Crippen LogP contribution in [0, 0.1) is 6.92 Å². The Morgan fingerprint density at radius 2 is 2.15 bits per heavy atom. The first kappa shape index (κ1) is 15.5. The smallest absolute Gasteiger partial charge is 0.257 e. The van der Waals surface area contributed by atoms with Gasteiger partial charge in [0, 0.05) is 6.04 Å². The molecule has 0 saturated carbocycles. The second kappa shape index (κ2) is 6.69. The molecular weight excluding hydrogens is 276 g/mol. The third-order valence-electron chi connectivity index (χ3n) is 3.71. The van der Waals surface area contributed by atoms with Crippen LogP contribution in [0.3, 0.4) is 0 Å². The van der Waals surface area contributed by atoms with E-state index >= 15 is 0 Å². The molecule has 0 amide bonds. The quantitative estimate of drug-likeness (QED) is 0.829. The van der Waals surface area contributed by atoms with Gasteiger partial charge in [0.05, 0.1) is 6.20 Å². The van der Waals surface area contributed by atoms with Gasteiger partial charge in [0.25, 0.3) is 10.0 Å². The van der Waals surface area contributed by atoms with Gasteiger partial charge in [-0.2, -0.15) is 0 Å². The van der Waals surface area contributed by atoms with Crippen LogP contribution in [-0.2, 0) is 10.0 Å². The first-order valence-electron chi connectivity index (χ1n) is 7.27. The van der Waals surface area contributed by atoms with E-state index in [0.29, 0.717) is 5.82 Å². The molecule has 1 aromatic heterocycles. The molecule has 20 heavy (non-hydrogen) atoms. The summed E-state index contributed by atoms with van der Waals surface area (Å²) in [5.74, 6) is 0.611. The second-order valence-corrected chi connectivity index (χ2v) is 7.11. The first-order valence-corrected chi connectivity index (χ1v) is 8.76. The molecule has 7 heteroatoms. The van der Waals surface area contributed by atoms with Crippen molar-refractivity contribution >= 4 is 10.0 Å². The molecule has 2 N–H and O–H groups in total. The predicted molar refractivity (Wildman–Crippen MR) is 78.0 cm³/mol. The van der Waals surface area contributed by atoms with E-state index in [1.807, 2.05) is 0 Å². The lowest BCUT2D eigenvalue weighted by Crippen LogP contribution is -2.44. The lowest BCUT2D eigenvalue weighted by atomic mass is 10.1. The van der Waals surface area contributed by atoms with Gasteiger partial charge in [-0.05, 0) is 45.8 Å². The third-order valence-corrected chi connectivity index (χ3v) is 5.14. The summed E-state index contributed by atoms with van der Waals surface area (Å²) in [4.78, 5) is 9.12. The standard InChI is InChI=1S/C13H24N4O2S/c1-3-4-7-17-8-5-12(6-9-17)16-20(18,19)13-10-14-11(2)15-13/h10,12,16H,3-9H2,1-2H3,(H,14,15). The van der Waals surface area contributed by atoms with Gasteiger partial charge in [0.1, 0.15) is 5.82 Å². The highest BCUT2D eigenvalue weighted by atomic mass is 32.2. The maximum Gasteiger partial charge on any atom is 0.257 e. The van der Waals surface area contributed by atoms with Crippen LogP contribution in [0.4, 0.5) is 0 Å². The molecule has 0 aliphatic carbocycles. The van der Waals surface area contributed by atoms with Gasteiger partial charge in [0.2, 0.25) is 0 Å². The number of H-pyrrole nitrogens is 1. The molecular formula is C13H24N4O2S. The SMILES string of the molecule is CCCCN1CCC(NS(=O)(=O)c2cnc(C)[nH]2)CC1. The topological polar surface area (TPSA) is 78.1 Å². The Kier molecular flexibility index (Phi) is 5.17. The van der Waals surface area contributed by atoms with Crippen LogP contribution < -0.4 is 4.72 Å². The summed E-state index contributed by atoms with van der Waals surface area (Å²) in [7, 11) is -3.46. The summed E-state index contributed by atoms with van der Waals surface area (Å²) in [5.41, 5.74) is 0. The summed E-state index contributed by atoms with van der Waals surface area (Å²) >= 11 is 0. The minimum Gasteiger partial charge on any atom is -0.332 e. The highest BCUT2D eigenvalue weighted by molar-refractivity contribution is 7.89. The Labute approximate surface area is 121 Å². The van der Waals surface area contributed by atoms with E-state index in [1.54, 1.807) is 6.92 Å². The maximum atomic E-state index is 12.2. The van der Waals surface area contributed by atoms with E-state index in [-0.39, 0.29) is 11.1 Å². The molecule has 2 heterocycles. The van der Waals surface area contributed by atoms with Crippen LogP contribution in [0.15, 0.2) is 11.2 Å². The van der Waals surface area contributed by atoms with Crippen molar-refractivity contribution in [3.63, 3.8) is 0 Å². The third kappa shape index (κ3) is 4.04. The predicted octanol–water partition coefficient (Wildman–Crippen LogP) is 1.26. The van der Waals surface area contributed by atoms with Crippen LogP contribution in [0.1, 0.15) is 38.4 Å². The van der Waals surface area contributed by atoms with Crippen LogP contribution >= 0.6 is 0 Å². The maximum absolute atomic E-state index is 12.2. The van der Waals surface area contributed by atoms with Crippen LogP contribution in [0.25, 0.3) is 0 Å². The fourth-order valence-electron chi connectivity index (χ4n) is 2.47. The van der Waals surface area contributed by atoms with Crippen molar-refractivity contribution in [1.82, 2.24) is 19.6 Å². The Bertz CT molecular complexity index is 518. The molecule has 1 saturated heterocycles. The largest absolute Gasteiger partial charge is 0.332 e. The van der Waals surface area contributed by atoms with Gasteiger partial charge in [-0.15, -0.1) is 0 Å². The lowest BCUT2D eigenvalue weighted by molar-refractivity contribution is 0.205. The molecule has 0 spiro atoms. The van der Waals surface area contributed by atoms with Gasteiger partial charge in [0.15, 0.2) is 5.03 Å². The van der Waals surface area contributed by atoms with Gasteiger partial charge < -0.3 is 9.88 Å². The Morgan fingerprint density at radius 3 is 2.70 bits per heavy atom. The van der Waals surface area contributed by atoms with E-state index in [9.17, 15) is 8.42 Å². The molecule has 6 nitrogen and oxygen atoms in total. The molecule has 0 aromatic carbocycles. The molecule has 1 aliphatic rings. The van der Waals surface area contributed by atoms with Crippen molar-refractivity contribution in [3.8, 4) is 0 Å². The van der Waals surface area contributed by atoms with Gasteiger partial charge in [-0.25, -0.2) is 18.1 Å². The van der Waals surface area contributed by atoms with Crippen molar-refractivity contribution in [3.05, 3.63) is 12.0 Å². The Balaban J connectivity index is 1.86. The highest BCUT2D eigenvalue weighted by Crippen LogP contribution is 2.14. The molecule has 2 rings (SSSR count). The molecule has 1 aromatic rings. The monoisotopic (exact) mass is 300 g/mol. The van der Waals surface area contributed by atoms with E-state index in [1.165, 1.54) is 19.0 Å². The minimum absolute atomic E-state index is 0.0292. The number of sulfonamides is 1. The number of imidazole rings is 1. The zero-order valence-electron chi connectivity index (χ0n) is 12.2. The zero-order chi connectivity index (χ0) is 14.6. The van der Waals surface area contributed by atoms with E-state index in [0.717, 1.165) is 32.5 Å². The van der Waals surface area contributed by atoms with Gasteiger partial charge in [-0.3, -0.25) is 0 Å². The molecule has 1 aliphatic heterocycles. The minimum atomic E-state index is -3.46. The number of likely N-dealkylation sites (tertiary alicyclic amines) is 1. The molecule has 1 fully saturated rings. The number of piperidine rings is 1. The Morgan fingerprint density at radius 1 is 1.45 bits per heavy atom. The summed E-state index contributed by atoms with van der Waals surface area (Å²) in [6, 6.07) is 0.0292. The number of hydrogen-bond donors (Lipinski definition) is 2. The number of nitrogens with one attached hydrogen (secondary N) is 2. The summed E-state index contributed by atoms with van der Waals surface area (Å²) in [6.45, 7) is 6.98. The molecule has 0 bridgehead atoms. The summed E-state index contributed by atoms with van der Waals surface area (Å²) < 4.78 is 27.1. The number of hydrogen-bond acceptors (Lipinski definition) is 4. The van der Waals surface area contributed by atoms with Gasteiger partial charge >= 0.3 is 0 Å². The van der Waals surface area contributed by atoms with Crippen LogP contribution in [0.2, 0.25) is 0 Å². The first-order chi connectivity index (χ1) is 9.51. The fraction of sp³-hybridized carbons (Fsp3) is 0.769. The number of aromatic nitrogens is 2. The number of rotatable bonds is 6. The van der Waals surface area contributed by atoms with E-state index < -0.39 is 10.0 Å². The van der Waals surface area contributed by atoms with Crippen molar-refractivity contribution in [2.24, 2.45) is 0 Å². The molecule has 0 unspecified atom stereocenters. The number of aryl methyl sites for hydroxylation is 1. The molecule has 0 radical (unpaired) electrons. The number of unbranched alkanes of at least 4 members (excludes halogenated alkanes) is 1. The van der Waals surface area contributed by atoms with E-state index in [4.69, 9.17) is 0 Å². The number of aromatic amines is 1. The molecule has 0 atom stereocenters. The van der Waals surface area contributed by atoms with E-state index in [2.05, 4.69) is 26.5 Å². The van der Waals surface area contributed by atoms with Crippen molar-refractivity contribution in [2.75, 3.05) is 19.6 Å². The summed E-state index contributed by atoms with van der Waals surface area (Å²) in [5, 5.41) is 0.156. The van der Waals surface area contributed by atoms with Crippen molar-refractivity contribution in [1.29, 1.82) is 0 Å². The van der Waals surface area contributed by atoms with Crippen molar-refractivity contribution in [2.45, 2.75) is 50.6 Å². The average Bonchev–Trinajstić information content (AvgIpc) is 2.85. The Hall–Kier alpha value is -0.920. The lowest BCUT2D eigenvalue weighted by Gasteiger charge is -2.31. The van der Waals surface area contributed by atoms with Crippen LogP contribution in [-0.4, -0.2) is 49.0 Å². The fourth-order valence-corrected chi connectivity index (χ4v) is 3.75. The van der Waals surface area contributed by atoms with Crippen molar-refractivity contribution < 1.29 is 8.42 Å². The van der Waals surface area contributed by atoms with Crippen LogP contribution in [0.5, 0.6) is 0 Å². The molecule has 114 valence electrons. The number of nitrogens with zero attached hydrogens (tertiary/aromatic N) is 2. The zero-order valence-corrected chi connectivity index (χ0v) is 13.0. The second-order valence-electron chi connectivity index (χ2n) is 5.42. The normalized spacial score (nSPS) is 18.5.